The number of ether oxygens (including phenoxy) is 1. The third kappa shape index (κ3) is 6.48. The number of anilines is 1. The lowest BCUT2D eigenvalue weighted by molar-refractivity contribution is -0.124. The van der Waals surface area contributed by atoms with Crippen molar-refractivity contribution >= 4 is 40.7 Å². The van der Waals surface area contributed by atoms with Crippen molar-refractivity contribution in [1.82, 2.24) is 5.32 Å². The van der Waals surface area contributed by atoms with Crippen molar-refractivity contribution in [3.05, 3.63) is 58.6 Å². The number of halogens is 2. The Labute approximate surface area is 149 Å². The smallest absolute Gasteiger partial charge is 0.243 e. The van der Waals surface area contributed by atoms with E-state index < -0.39 is 0 Å². The lowest BCUT2D eigenvalue weighted by Crippen LogP contribution is -2.33. The molecule has 0 aliphatic heterocycles. The molecule has 2 rings (SSSR count). The van der Waals surface area contributed by atoms with E-state index in [1.165, 1.54) is 0 Å². The fourth-order valence-corrected chi connectivity index (χ4v) is 2.40. The first kappa shape index (κ1) is 18.1. The van der Waals surface area contributed by atoms with Crippen LogP contribution in [0.2, 0.25) is 10.0 Å². The maximum absolute atomic E-state index is 11.8. The zero-order chi connectivity index (χ0) is 17.4. The molecule has 0 spiro atoms. The van der Waals surface area contributed by atoms with E-state index in [0.29, 0.717) is 21.5 Å². The van der Waals surface area contributed by atoms with Crippen LogP contribution < -0.4 is 15.4 Å². The maximum Gasteiger partial charge on any atom is 0.243 e. The molecule has 0 atom stereocenters. The number of benzene rings is 2. The Morgan fingerprint density at radius 3 is 2.29 bits per heavy atom. The predicted molar refractivity (Wildman–Crippen MR) is 94.7 cm³/mol. The van der Waals surface area contributed by atoms with E-state index in [2.05, 4.69) is 10.6 Å². The highest BCUT2D eigenvalue weighted by atomic mass is 35.5. The summed E-state index contributed by atoms with van der Waals surface area (Å²) in [7, 11) is 0. The molecule has 2 aromatic carbocycles. The zero-order valence-electron chi connectivity index (χ0n) is 12.7. The van der Waals surface area contributed by atoms with Crippen LogP contribution in [-0.4, -0.2) is 25.0 Å². The number of carbonyl (C=O) groups excluding carboxylic acids is 2. The van der Waals surface area contributed by atoms with Crippen LogP contribution in [0.4, 0.5) is 5.69 Å². The third-order valence-electron chi connectivity index (χ3n) is 2.93. The van der Waals surface area contributed by atoms with Gasteiger partial charge < -0.3 is 15.4 Å². The van der Waals surface area contributed by atoms with Gasteiger partial charge in [-0.05, 0) is 30.3 Å². The van der Waals surface area contributed by atoms with E-state index in [1.54, 1.807) is 18.2 Å². The van der Waals surface area contributed by atoms with E-state index in [1.807, 2.05) is 30.3 Å². The fraction of sp³-hybridized carbons (Fsp3) is 0.176. The monoisotopic (exact) mass is 366 g/mol. The van der Waals surface area contributed by atoms with Gasteiger partial charge in [0.1, 0.15) is 5.75 Å². The largest absolute Gasteiger partial charge is 0.493 e. The quantitative estimate of drug-likeness (QED) is 0.787. The van der Waals surface area contributed by atoms with Crippen LogP contribution >= 0.6 is 23.2 Å². The van der Waals surface area contributed by atoms with Gasteiger partial charge in [0.2, 0.25) is 11.8 Å². The van der Waals surface area contributed by atoms with Gasteiger partial charge in [0.15, 0.2) is 0 Å². The molecule has 24 heavy (non-hydrogen) atoms. The fourth-order valence-electron chi connectivity index (χ4n) is 1.88. The summed E-state index contributed by atoms with van der Waals surface area (Å²) in [5, 5.41) is 5.96. The standard InChI is InChI=1S/C17H16Cl2N2O3/c18-12-8-13(19)10-14(9-12)21-17(23)11-20-16(22)6-7-24-15-4-2-1-3-5-15/h1-5,8-10H,6-7,11H2,(H,20,22)(H,21,23). The van der Waals surface area contributed by atoms with E-state index in [4.69, 9.17) is 27.9 Å². The first-order chi connectivity index (χ1) is 11.5. The van der Waals surface area contributed by atoms with Crippen molar-refractivity contribution < 1.29 is 14.3 Å². The summed E-state index contributed by atoms with van der Waals surface area (Å²) >= 11 is 11.7. The second-order valence-electron chi connectivity index (χ2n) is 4.89. The molecule has 0 radical (unpaired) electrons. The molecule has 0 aromatic heterocycles. The minimum atomic E-state index is -0.370. The molecule has 5 nitrogen and oxygen atoms in total. The van der Waals surface area contributed by atoms with Gasteiger partial charge in [-0.2, -0.15) is 0 Å². The van der Waals surface area contributed by atoms with Crippen LogP contribution in [0.5, 0.6) is 5.75 Å². The van der Waals surface area contributed by atoms with E-state index in [0.717, 1.165) is 0 Å². The number of nitrogens with one attached hydrogen (secondary N) is 2. The van der Waals surface area contributed by atoms with Gasteiger partial charge in [-0.15, -0.1) is 0 Å². The van der Waals surface area contributed by atoms with Crippen LogP contribution in [0.1, 0.15) is 6.42 Å². The first-order valence-electron chi connectivity index (χ1n) is 7.23. The van der Waals surface area contributed by atoms with Crippen LogP contribution in [0, 0.1) is 0 Å². The van der Waals surface area contributed by atoms with Gasteiger partial charge >= 0.3 is 0 Å². The molecule has 7 heteroatoms. The molecular formula is C17H16Cl2N2O3. The van der Waals surface area contributed by atoms with Crippen molar-refractivity contribution in [2.45, 2.75) is 6.42 Å². The number of rotatable bonds is 7. The van der Waals surface area contributed by atoms with E-state index in [9.17, 15) is 9.59 Å². The number of para-hydroxylation sites is 1. The first-order valence-corrected chi connectivity index (χ1v) is 7.99. The maximum atomic E-state index is 11.8. The van der Waals surface area contributed by atoms with E-state index in [-0.39, 0.29) is 31.4 Å². The molecule has 0 unspecified atom stereocenters. The molecular weight excluding hydrogens is 351 g/mol. The van der Waals surface area contributed by atoms with Crippen LogP contribution in [0.25, 0.3) is 0 Å². The molecule has 126 valence electrons. The molecule has 2 N–H and O–H groups in total. The van der Waals surface area contributed by atoms with Crippen LogP contribution in [0.3, 0.4) is 0 Å². The van der Waals surface area contributed by atoms with Crippen molar-refractivity contribution in [3.63, 3.8) is 0 Å². The van der Waals surface area contributed by atoms with E-state index >= 15 is 0 Å². The van der Waals surface area contributed by atoms with Gasteiger partial charge in [-0.3, -0.25) is 9.59 Å². The van der Waals surface area contributed by atoms with Gasteiger partial charge in [-0.1, -0.05) is 41.4 Å². The average Bonchev–Trinajstić information content (AvgIpc) is 2.53. The second kappa shape index (κ2) is 9.15. The van der Waals surface area contributed by atoms with Gasteiger partial charge in [0.25, 0.3) is 0 Å². The van der Waals surface area contributed by atoms with Crippen molar-refractivity contribution in [1.29, 1.82) is 0 Å². The summed E-state index contributed by atoms with van der Waals surface area (Å²) in [5.74, 6) is 0.0525. The Morgan fingerprint density at radius 1 is 0.958 bits per heavy atom. The van der Waals surface area contributed by atoms with Crippen molar-refractivity contribution in [3.8, 4) is 5.75 Å². The Morgan fingerprint density at radius 2 is 1.62 bits per heavy atom. The van der Waals surface area contributed by atoms with Crippen molar-refractivity contribution in [2.75, 3.05) is 18.5 Å². The lowest BCUT2D eigenvalue weighted by Gasteiger charge is -2.08. The lowest BCUT2D eigenvalue weighted by atomic mass is 10.3. The Bertz CT molecular complexity index is 688. The molecule has 0 saturated carbocycles. The molecule has 2 aromatic rings. The zero-order valence-corrected chi connectivity index (χ0v) is 14.2. The summed E-state index contributed by atoms with van der Waals surface area (Å²) in [5.41, 5.74) is 0.471. The molecule has 0 aliphatic rings. The topological polar surface area (TPSA) is 67.4 Å². The SMILES string of the molecule is O=C(CCOc1ccccc1)NCC(=O)Nc1cc(Cl)cc(Cl)c1. The third-order valence-corrected chi connectivity index (χ3v) is 3.37. The van der Waals surface area contributed by atoms with Crippen molar-refractivity contribution in [2.24, 2.45) is 0 Å². The second-order valence-corrected chi connectivity index (χ2v) is 5.77. The Hall–Kier alpha value is -2.24. The summed E-state index contributed by atoms with van der Waals surface area (Å²) in [6.45, 7) is 0.0929. The summed E-state index contributed by atoms with van der Waals surface area (Å²) in [6.07, 6.45) is 0.158. The summed E-state index contributed by atoms with van der Waals surface area (Å²) in [4.78, 5) is 23.5. The van der Waals surface area contributed by atoms with Gasteiger partial charge in [-0.25, -0.2) is 0 Å². The number of carbonyl (C=O) groups is 2. The highest BCUT2D eigenvalue weighted by Gasteiger charge is 2.07. The Balaban J connectivity index is 1.68. The average molecular weight is 367 g/mol. The molecule has 0 fully saturated rings. The van der Waals surface area contributed by atoms with Crippen LogP contribution in [-0.2, 0) is 9.59 Å². The predicted octanol–water partition coefficient (Wildman–Crippen LogP) is 3.52. The summed E-state index contributed by atoms with van der Waals surface area (Å²) in [6, 6.07) is 13.9. The highest BCUT2D eigenvalue weighted by molar-refractivity contribution is 6.35. The molecule has 0 bridgehead atoms. The normalized spacial score (nSPS) is 10.1. The minimum Gasteiger partial charge on any atom is -0.493 e. The van der Waals surface area contributed by atoms with Crippen LogP contribution in [0.15, 0.2) is 48.5 Å². The minimum absolute atomic E-state index is 0.145. The molecule has 0 heterocycles. The molecule has 2 amide bonds. The van der Waals surface area contributed by atoms with Gasteiger partial charge in [0.05, 0.1) is 19.6 Å². The molecule has 0 saturated heterocycles. The number of hydrogen-bond donors (Lipinski definition) is 2. The number of hydrogen-bond acceptors (Lipinski definition) is 3. The molecule has 0 aliphatic carbocycles. The highest BCUT2D eigenvalue weighted by Crippen LogP contribution is 2.22. The van der Waals surface area contributed by atoms with Gasteiger partial charge in [0, 0.05) is 15.7 Å². The number of amides is 2. The summed E-state index contributed by atoms with van der Waals surface area (Å²) < 4.78 is 5.41. The Kier molecular flexibility index (Phi) is 6.90.